The van der Waals surface area contributed by atoms with Gasteiger partial charge in [0.05, 0.1) is 0 Å². The van der Waals surface area contributed by atoms with Crippen molar-refractivity contribution in [1.82, 2.24) is 0 Å². The number of hydrogen-bond acceptors (Lipinski definition) is 0. The largest absolute Gasteiger partial charge is 0.999 e. The smallest absolute Gasteiger partial charge is 0 e. The summed E-state index contributed by atoms with van der Waals surface area (Å²) in [7, 11) is 0. The summed E-state index contributed by atoms with van der Waals surface area (Å²) in [6, 6.07) is 22.0. The number of rotatable bonds is 3. The molecule has 0 aliphatic heterocycles. The first-order chi connectivity index (χ1) is 11.9. The zero-order valence-corrected chi connectivity index (χ0v) is 16.3. The van der Waals surface area contributed by atoms with Crippen LogP contribution in [-0.4, -0.2) is 0 Å². The quantitative estimate of drug-likeness (QED) is 0.302. The fourth-order valence-corrected chi connectivity index (χ4v) is 0.855. The Morgan fingerprint density at radius 2 is 1.00 bits per heavy atom. The predicted octanol–water partition coefficient (Wildman–Crippen LogP) is 4.07. The molecule has 0 atom stereocenters. The molecule has 6 heteroatoms. The minimum absolute atomic E-state index is 0. The van der Waals surface area contributed by atoms with Crippen molar-refractivity contribution in [3.63, 3.8) is 0 Å². The Hall–Kier alpha value is -1.30. The Labute approximate surface area is 179 Å². The zero-order chi connectivity index (χ0) is 19.9. The van der Waals surface area contributed by atoms with E-state index in [2.05, 4.69) is 64.7 Å². The van der Waals surface area contributed by atoms with Gasteiger partial charge in [-0.05, 0) is 0 Å². The van der Waals surface area contributed by atoms with Gasteiger partial charge < -0.3 is 44.2 Å². The Kier molecular flexibility index (Phi) is 129. The van der Waals surface area contributed by atoms with Crippen LogP contribution in [0.25, 0.3) is 0 Å². The third-order valence-corrected chi connectivity index (χ3v) is 1.66. The van der Waals surface area contributed by atoms with E-state index in [-0.39, 0.29) is 34.1 Å². The molecule has 0 saturated heterocycles. The van der Waals surface area contributed by atoms with Crippen molar-refractivity contribution in [3.8, 4) is 0 Å². The Morgan fingerprint density at radius 3 is 1.12 bits per heavy atom. The summed E-state index contributed by atoms with van der Waals surface area (Å²) < 4.78 is 30.0. The van der Waals surface area contributed by atoms with Crippen LogP contribution in [0.3, 0.4) is 0 Å². The van der Waals surface area contributed by atoms with E-state index in [0.29, 0.717) is 0 Å². The minimum Gasteiger partial charge on any atom is -0.999 e. The van der Waals surface area contributed by atoms with E-state index in [0.717, 1.165) is 12.8 Å². The van der Waals surface area contributed by atoms with Gasteiger partial charge in [-0.1, -0.05) is 12.8 Å². The van der Waals surface area contributed by atoms with E-state index >= 15 is 0 Å². The molecule has 0 spiro atoms. The summed E-state index contributed by atoms with van der Waals surface area (Å²) in [5, 5.41) is 0. The maximum atomic E-state index is 7.50. The van der Waals surface area contributed by atoms with Crippen LogP contribution >= 0.6 is 0 Å². The molecule has 0 aromatic heterocycles. The van der Waals surface area contributed by atoms with Crippen LogP contribution < -0.4 is 0 Å². The van der Waals surface area contributed by atoms with Crippen molar-refractivity contribution in [2.75, 3.05) is 0 Å². The van der Waals surface area contributed by atoms with E-state index in [1.807, 2.05) is 30.3 Å². The van der Waals surface area contributed by atoms with Gasteiger partial charge in [0.15, 0.2) is 0 Å². The summed E-state index contributed by atoms with van der Waals surface area (Å²) in [4.78, 5) is 0. The fraction of sp³-hybridized carbons (Fsp3) is 0.200. The predicted molar refractivity (Wildman–Crippen MR) is 84.3 cm³/mol. The SMILES string of the molecule is [C-]#[O+].[C-]#[O+].[C-]#[O+].[C-]#[O+].[CH2-]CCCC[CH2-].[Fe].[Fe].[c-]1[c-][c-][cH-][c-]1.c1cc[cH-]c1. The number of unbranched alkanes of at least 4 members (excludes halogenated alkanes) is 3. The van der Waals surface area contributed by atoms with E-state index in [1.54, 1.807) is 6.07 Å². The van der Waals surface area contributed by atoms with Crippen LogP contribution in [0, 0.1) is 64.7 Å². The van der Waals surface area contributed by atoms with E-state index in [4.69, 9.17) is 18.6 Å². The normalized spacial score (nSPS) is 5.46. The van der Waals surface area contributed by atoms with Crippen molar-refractivity contribution in [3.05, 3.63) is 101 Å². The first-order valence-electron chi connectivity index (χ1n) is 6.31. The van der Waals surface area contributed by atoms with Crippen LogP contribution in [-0.2, 0) is 52.7 Å². The van der Waals surface area contributed by atoms with Crippen LogP contribution in [0.2, 0.25) is 0 Å². The molecule has 146 valence electrons. The molecule has 0 bridgehead atoms. The molecule has 0 N–H and O–H groups in total. The molecule has 0 saturated carbocycles. The molecule has 2 aromatic rings. The van der Waals surface area contributed by atoms with Gasteiger partial charge in [0.25, 0.3) is 0 Å². The minimum atomic E-state index is 0. The summed E-state index contributed by atoms with van der Waals surface area (Å²) >= 11 is 0. The Bertz CT molecular complexity index is 327. The molecule has 2 aromatic carbocycles. The third-order valence-electron chi connectivity index (χ3n) is 1.66. The fourth-order valence-electron chi connectivity index (χ4n) is 0.855. The molecule has 0 amide bonds. The van der Waals surface area contributed by atoms with Crippen molar-refractivity contribution < 1.29 is 52.7 Å². The Morgan fingerprint density at radius 1 is 0.692 bits per heavy atom. The first kappa shape index (κ1) is 44.3. The maximum Gasteiger partial charge on any atom is 0 e. The van der Waals surface area contributed by atoms with Crippen molar-refractivity contribution in [2.45, 2.75) is 25.7 Å². The van der Waals surface area contributed by atoms with Crippen LogP contribution in [0.5, 0.6) is 0 Å². The summed E-state index contributed by atoms with van der Waals surface area (Å²) in [6.45, 7) is 25.4. The van der Waals surface area contributed by atoms with Gasteiger partial charge in [-0.25, -0.2) is 12.1 Å². The molecule has 0 unspecified atom stereocenters. The van der Waals surface area contributed by atoms with Crippen LogP contribution in [0.1, 0.15) is 25.7 Å². The van der Waals surface area contributed by atoms with Gasteiger partial charge in [-0.15, -0.1) is 0 Å². The van der Waals surface area contributed by atoms with Gasteiger partial charge in [0.1, 0.15) is 0 Å². The molecule has 0 fully saturated rings. The van der Waals surface area contributed by atoms with Crippen molar-refractivity contribution >= 4 is 0 Å². The molecule has 0 radical (unpaired) electrons. The molecule has 0 aliphatic rings. The van der Waals surface area contributed by atoms with E-state index in [9.17, 15) is 0 Å². The standard InChI is InChI=1S/C6H12.C5H5.C5H.4CO.2Fe/c1-3-5-6-4-2;2*1-2-4-5-3-1;4*1-2;;/h1-6H2;1-5H;1H;;;;;;/q-2;-1;-5;;;;;;. The van der Waals surface area contributed by atoms with Gasteiger partial charge in [-0.3, -0.25) is 0 Å². The molecule has 0 heterocycles. The molecule has 0 aliphatic carbocycles. The van der Waals surface area contributed by atoms with Crippen molar-refractivity contribution in [2.24, 2.45) is 0 Å². The first-order valence-corrected chi connectivity index (χ1v) is 6.31. The molecule has 2 rings (SSSR count). The molecular weight excluding hydrogens is 416 g/mol. The van der Waals surface area contributed by atoms with E-state index in [1.165, 1.54) is 12.8 Å². The van der Waals surface area contributed by atoms with Gasteiger partial charge in [0.2, 0.25) is 0 Å². The summed E-state index contributed by atoms with van der Waals surface area (Å²) in [5.74, 6) is 0. The molecule has 26 heavy (non-hydrogen) atoms. The summed E-state index contributed by atoms with van der Waals surface area (Å²) in [6.07, 6.45) is 4.61. The van der Waals surface area contributed by atoms with Gasteiger partial charge >= 0.3 is 45.2 Å². The van der Waals surface area contributed by atoms with Gasteiger partial charge in [0, 0.05) is 34.1 Å². The monoisotopic (exact) mass is 434 g/mol. The second-order valence-electron chi connectivity index (χ2n) is 3.06. The van der Waals surface area contributed by atoms with Crippen LogP contribution in [0.15, 0.2) is 36.4 Å². The molecule has 4 nitrogen and oxygen atoms in total. The average molecular weight is 434 g/mol. The second-order valence-corrected chi connectivity index (χ2v) is 3.06. The number of hydrogen-bond donors (Lipinski definition) is 0. The average Bonchev–Trinajstić information content (AvgIpc) is 3.45. The second kappa shape index (κ2) is 75.7. The topological polar surface area (TPSA) is 79.6 Å². The Balaban J connectivity index is -0.0000000339. The van der Waals surface area contributed by atoms with E-state index < -0.39 is 0 Å². The maximum absolute atomic E-state index is 7.50. The van der Waals surface area contributed by atoms with Crippen LogP contribution in [0.4, 0.5) is 0 Å². The summed E-state index contributed by atoms with van der Waals surface area (Å²) in [5.41, 5.74) is 0. The van der Waals surface area contributed by atoms with Crippen molar-refractivity contribution in [1.29, 1.82) is 0 Å². The molecular formula is C20H18Fe2O4-8. The van der Waals surface area contributed by atoms with Gasteiger partial charge in [-0.2, -0.15) is 31.0 Å². The third kappa shape index (κ3) is 78.1. The zero-order valence-electron chi connectivity index (χ0n) is 14.0.